The molecule has 33 heavy (non-hydrogen) atoms. The van der Waals surface area contributed by atoms with Gasteiger partial charge in [0.2, 0.25) is 0 Å². The minimum atomic E-state index is 0.0464. The fourth-order valence-corrected chi connectivity index (χ4v) is 4.78. The van der Waals surface area contributed by atoms with Gasteiger partial charge in [-0.05, 0) is 25.2 Å². The summed E-state index contributed by atoms with van der Waals surface area (Å²) >= 11 is 0. The molecule has 1 unspecified atom stereocenters. The lowest BCUT2D eigenvalue weighted by molar-refractivity contribution is -0.145. The second kappa shape index (κ2) is 27.7. The van der Waals surface area contributed by atoms with E-state index in [0.717, 1.165) is 6.42 Å². The summed E-state index contributed by atoms with van der Waals surface area (Å²) in [6, 6.07) is 0. The first-order valence-electron chi connectivity index (χ1n) is 15.4. The van der Waals surface area contributed by atoms with Gasteiger partial charge in [0.05, 0.1) is 6.61 Å². The molecular formula is C31H62O2. The fourth-order valence-electron chi connectivity index (χ4n) is 4.78. The van der Waals surface area contributed by atoms with Crippen molar-refractivity contribution in [2.24, 2.45) is 5.92 Å². The minimum Gasteiger partial charge on any atom is -0.465 e. The normalized spacial score (nSPS) is 12.2. The van der Waals surface area contributed by atoms with Crippen molar-refractivity contribution in [1.29, 1.82) is 0 Å². The Balaban J connectivity index is 3.86. The molecular weight excluding hydrogens is 404 g/mol. The van der Waals surface area contributed by atoms with Crippen molar-refractivity contribution >= 4 is 5.97 Å². The van der Waals surface area contributed by atoms with Crippen LogP contribution < -0.4 is 0 Å². The maximum atomic E-state index is 12.3. The van der Waals surface area contributed by atoms with Crippen molar-refractivity contribution in [3.05, 3.63) is 0 Å². The lowest BCUT2D eigenvalue weighted by atomic mass is 9.95. The van der Waals surface area contributed by atoms with Crippen LogP contribution in [0.1, 0.15) is 181 Å². The van der Waals surface area contributed by atoms with E-state index >= 15 is 0 Å². The molecule has 0 spiro atoms. The van der Waals surface area contributed by atoms with Gasteiger partial charge in [0.25, 0.3) is 0 Å². The van der Waals surface area contributed by atoms with Gasteiger partial charge in [0.15, 0.2) is 0 Å². The highest BCUT2D eigenvalue weighted by Crippen LogP contribution is 2.20. The molecule has 0 fully saturated rings. The molecule has 0 aromatic rings. The predicted molar refractivity (Wildman–Crippen MR) is 147 cm³/mol. The maximum Gasteiger partial charge on any atom is 0.305 e. The largest absolute Gasteiger partial charge is 0.465 e. The summed E-state index contributed by atoms with van der Waals surface area (Å²) in [4.78, 5) is 12.3. The highest BCUT2D eigenvalue weighted by Gasteiger charge is 2.12. The number of esters is 1. The van der Waals surface area contributed by atoms with E-state index in [9.17, 15) is 4.79 Å². The van der Waals surface area contributed by atoms with Gasteiger partial charge >= 0.3 is 5.97 Å². The Labute approximate surface area is 209 Å². The van der Waals surface area contributed by atoms with E-state index in [1.165, 1.54) is 148 Å². The molecule has 0 aromatic heterocycles. The molecule has 0 radical (unpaired) electrons. The van der Waals surface area contributed by atoms with Gasteiger partial charge in [-0.1, -0.05) is 156 Å². The lowest BCUT2D eigenvalue weighted by Crippen LogP contribution is -2.14. The Hall–Kier alpha value is -0.530. The first-order valence-corrected chi connectivity index (χ1v) is 15.4. The average Bonchev–Trinajstić information content (AvgIpc) is 2.82. The van der Waals surface area contributed by atoms with Crippen LogP contribution >= 0.6 is 0 Å². The zero-order valence-corrected chi connectivity index (χ0v) is 23.3. The van der Waals surface area contributed by atoms with Crippen LogP contribution in [-0.2, 0) is 9.53 Å². The van der Waals surface area contributed by atoms with Gasteiger partial charge in [0, 0.05) is 6.42 Å². The molecule has 0 heterocycles. The van der Waals surface area contributed by atoms with Crippen LogP contribution in [0.3, 0.4) is 0 Å². The summed E-state index contributed by atoms with van der Waals surface area (Å²) in [7, 11) is 0. The Kier molecular flexibility index (Phi) is 27.3. The van der Waals surface area contributed by atoms with Crippen LogP contribution in [-0.4, -0.2) is 12.6 Å². The third-order valence-corrected chi connectivity index (χ3v) is 7.15. The van der Waals surface area contributed by atoms with Gasteiger partial charge in [-0.2, -0.15) is 0 Å². The number of unbranched alkanes of at least 4 members (excludes halogenated alkanes) is 19. The average molecular weight is 467 g/mol. The topological polar surface area (TPSA) is 26.3 Å². The molecule has 0 bridgehead atoms. The van der Waals surface area contributed by atoms with Crippen LogP contribution in [0, 0.1) is 5.92 Å². The zero-order chi connectivity index (χ0) is 24.2. The van der Waals surface area contributed by atoms with Crippen molar-refractivity contribution < 1.29 is 9.53 Å². The maximum absolute atomic E-state index is 12.3. The lowest BCUT2D eigenvalue weighted by Gasteiger charge is -2.17. The highest BCUT2D eigenvalue weighted by atomic mass is 16.5. The molecule has 0 amide bonds. The van der Waals surface area contributed by atoms with Gasteiger partial charge in [0.1, 0.15) is 0 Å². The minimum absolute atomic E-state index is 0.0464. The second-order valence-electron chi connectivity index (χ2n) is 10.6. The standard InChI is InChI=1S/C31H62O2/c1-4-7-10-13-15-16-17-19-22-25-28-31(32)33-29-30(26-23-20-12-9-6-3)27-24-21-18-14-11-8-5-2/h30H,4-29H2,1-3H3. The van der Waals surface area contributed by atoms with Crippen LogP contribution in [0.25, 0.3) is 0 Å². The number of hydrogen-bond donors (Lipinski definition) is 0. The monoisotopic (exact) mass is 466 g/mol. The summed E-state index contributed by atoms with van der Waals surface area (Å²) < 4.78 is 5.74. The van der Waals surface area contributed by atoms with E-state index in [0.29, 0.717) is 18.9 Å². The van der Waals surface area contributed by atoms with Gasteiger partial charge < -0.3 is 4.74 Å². The molecule has 0 aliphatic heterocycles. The Morgan fingerprint density at radius 1 is 0.485 bits per heavy atom. The molecule has 198 valence electrons. The third-order valence-electron chi connectivity index (χ3n) is 7.15. The van der Waals surface area contributed by atoms with Crippen LogP contribution in [0.2, 0.25) is 0 Å². The van der Waals surface area contributed by atoms with E-state index in [1.807, 2.05) is 0 Å². The van der Waals surface area contributed by atoms with E-state index in [-0.39, 0.29) is 5.97 Å². The zero-order valence-electron chi connectivity index (χ0n) is 23.3. The number of hydrogen-bond acceptors (Lipinski definition) is 2. The molecule has 0 saturated carbocycles. The fraction of sp³-hybridized carbons (Fsp3) is 0.968. The summed E-state index contributed by atoms with van der Waals surface area (Å²) in [5.41, 5.74) is 0. The number of carbonyl (C=O) groups is 1. The molecule has 0 aromatic carbocycles. The van der Waals surface area contributed by atoms with E-state index in [2.05, 4.69) is 20.8 Å². The Bertz CT molecular complexity index is 379. The summed E-state index contributed by atoms with van der Waals surface area (Å²) in [6.45, 7) is 7.50. The van der Waals surface area contributed by atoms with Crippen LogP contribution in [0.15, 0.2) is 0 Å². The van der Waals surface area contributed by atoms with Crippen LogP contribution in [0.4, 0.5) is 0 Å². The smallest absolute Gasteiger partial charge is 0.305 e. The second-order valence-corrected chi connectivity index (χ2v) is 10.6. The number of ether oxygens (including phenoxy) is 1. The molecule has 0 rings (SSSR count). The highest BCUT2D eigenvalue weighted by molar-refractivity contribution is 5.69. The molecule has 0 saturated heterocycles. The van der Waals surface area contributed by atoms with E-state index in [4.69, 9.17) is 4.74 Å². The Morgan fingerprint density at radius 3 is 1.21 bits per heavy atom. The summed E-state index contributed by atoms with van der Waals surface area (Å²) in [5, 5.41) is 0. The van der Waals surface area contributed by atoms with Gasteiger partial charge in [-0.3, -0.25) is 4.79 Å². The van der Waals surface area contributed by atoms with Crippen molar-refractivity contribution in [3.8, 4) is 0 Å². The molecule has 1 atom stereocenters. The number of rotatable bonds is 27. The van der Waals surface area contributed by atoms with E-state index in [1.54, 1.807) is 0 Å². The van der Waals surface area contributed by atoms with Gasteiger partial charge in [-0.15, -0.1) is 0 Å². The third kappa shape index (κ3) is 25.9. The molecule has 2 nitrogen and oxygen atoms in total. The predicted octanol–water partition coefficient (Wildman–Crippen LogP) is 11.0. The first-order chi connectivity index (χ1) is 16.2. The SMILES string of the molecule is CCCCCCCCCCCCC(=O)OCC(CCCCCCC)CCCCCCCCC. The van der Waals surface area contributed by atoms with Crippen molar-refractivity contribution in [3.63, 3.8) is 0 Å². The molecule has 0 N–H and O–H groups in total. The first kappa shape index (κ1) is 32.5. The summed E-state index contributed by atoms with van der Waals surface area (Å²) in [5.74, 6) is 0.629. The van der Waals surface area contributed by atoms with Crippen molar-refractivity contribution in [2.75, 3.05) is 6.61 Å². The molecule has 0 aliphatic rings. The van der Waals surface area contributed by atoms with Gasteiger partial charge in [-0.25, -0.2) is 0 Å². The number of carbonyl (C=O) groups excluding carboxylic acids is 1. The van der Waals surface area contributed by atoms with Crippen molar-refractivity contribution in [2.45, 2.75) is 181 Å². The summed E-state index contributed by atoms with van der Waals surface area (Å²) in [6.07, 6.45) is 32.4. The Morgan fingerprint density at radius 2 is 0.818 bits per heavy atom. The van der Waals surface area contributed by atoms with E-state index < -0.39 is 0 Å². The van der Waals surface area contributed by atoms with Crippen LogP contribution in [0.5, 0.6) is 0 Å². The molecule has 0 aliphatic carbocycles. The molecule has 2 heteroatoms. The van der Waals surface area contributed by atoms with Crippen molar-refractivity contribution in [1.82, 2.24) is 0 Å². The quantitative estimate of drug-likeness (QED) is 0.0888.